The smallest absolute Gasteiger partial charge is 0.329 e. The maximum Gasteiger partial charge on any atom is 0.329 e. The number of carboxylic acid groups (broad SMARTS) is 1. The maximum absolute atomic E-state index is 12.9. The van der Waals surface area contributed by atoms with Crippen molar-refractivity contribution in [3.05, 3.63) is 46.2 Å². The van der Waals surface area contributed by atoms with Gasteiger partial charge in [-0.25, -0.2) is 4.79 Å². The predicted molar refractivity (Wildman–Crippen MR) is 94.7 cm³/mol. The lowest BCUT2D eigenvalue weighted by molar-refractivity contribution is -0.146. The van der Waals surface area contributed by atoms with E-state index in [2.05, 4.69) is 12.2 Å². The molecule has 1 aliphatic rings. The van der Waals surface area contributed by atoms with Crippen molar-refractivity contribution in [1.82, 2.24) is 9.88 Å². The summed E-state index contributed by atoms with van der Waals surface area (Å²) in [6.07, 6.45) is 2.31. The van der Waals surface area contributed by atoms with Crippen LogP contribution in [0.15, 0.2) is 35.1 Å². The number of carbonyl (C=O) groups is 2. The van der Waals surface area contributed by atoms with Crippen molar-refractivity contribution in [2.75, 3.05) is 0 Å². The second-order valence-electron chi connectivity index (χ2n) is 7.00. The van der Waals surface area contributed by atoms with Gasteiger partial charge in [-0.1, -0.05) is 25.1 Å². The molecule has 132 valence electrons. The van der Waals surface area contributed by atoms with Crippen LogP contribution in [0, 0.1) is 5.92 Å². The number of rotatable bonds is 3. The van der Waals surface area contributed by atoms with Crippen molar-refractivity contribution in [1.29, 1.82) is 0 Å². The Hall–Kier alpha value is -2.63. The van der Waals surface area contributed by atoms with Crippen LogP contribution >= 0.6 is 0 Å². The van der Waals surface area contributed by atoms with Gasteiger partial charge in [0.05, 0.1) is 11.1 Å². The third-order valence-corrected chi connectivity index (χ3v) is 5.29. The minimum atomic E-state index is -1.26. The van der Waals surface area contributed by atoms with Crippen molar-refractivity contribution in [2.45, 2.75) is 38.1 Å². The van der Waals surface area contributed by atoms with E-state index in [0.29, 0.717) is 29.7 Å². The number of carboxylic acids is 1. The van der Waals surface area contributed by atoms with Crippen molar-refractivity contribution in [3.8, 4) is 0 Å². The zero-order valence-corrected chi connectivity index (χ0v) is 14.4. The van der Waals surface area contributed by atoms with Gasteiger partial charge in [-0.3, -0.25) is 9.59 Å². The van der Waals surface area contributed by atoms with Crippen molar-refractivity contribution in [2.24, 2.45) is 13.0 Å². The van der Waals surface area contributed by atoms with Crippen LogP contribution < -0.4 is 10.9 Å². The Bertz CT molecular complexity index is 892. The molecule has 0 saturated heterocycles. The molecule has 1 aromatic carbocycles. The van der Waals surface area contributed by atoms with Gasteiger partial charge in [0.15, 0.2) is 0 Å². The number of fused-ring (bicyclic) bond motifs is 1. The number of hydrogen-bond donors (Lipinski definition) is 2. The van der Waals surface area contributed by atoms with Gasteiger partial charge in [-0.05, 0) is 37.7 Å². The van der Waals surface area contributed by atoms with Gasteiger partial charge in [0.2, 0.25) is 0 Å². The largest absolute Gasteiger partial charge is 0.480 e. The highest BCUT2D eigenvalue weighted by Gasteiger charge is 2.42. The molecule has 6 heteroatoms. The average Bonchev–Trinajstić information content (AvgIpc) is 2.60. The minimum absolute atomic E-state index is 0.220. The predicted octanol–water partition coefficient (Wildman–Crippen LogP) is 2.30. The van der Waals surface area contributed by atoms with Crippen LogP contribution in [0.5, 0.6) is 0 Å². The van der Waals surface area contributed by atoms with Gasteiger partial charge < -0.3 is 15.0 Å². The number of aliphatic carboxylic acids is 1. The lowest BCUT2D eigenvalue weighted by Crippen LogP contribution is -2.56. The van der Waals surface area contributed by atoms with Crippen molar-refractivity contribution < 1.29 is 14.7 Å². The summed E-state index contributed by atoms with van der Waals surface area (Å²) >= 11 is 0. The fourth-order valence-electron chi connectivity index (χ4n) is 3.53. The Labute approximate surface area is 145 Å². The van der Waals surface area contributed by atoms with Crippen LogP contribution in [-0.4, -0.2) is 27.1 Å². The molecule has 1 amide bonds. The summed E-state index contributed by atoms with van der Waals surface area (Å²) in [4.78, 5) is 36.9. The number of carbonyl (C=O) groups excluding carboxylic acids is 1. The molecule has 1 saturated carbocycles. The Morgan fingerprint density at radius 1 is 1.24 bits per heavy atom. The number of nitrogens with one attached hydrogen (secondary N) is 1. The van der Waals surface area contributed by atoms with Crippen LogP contribution in [0.4, 0.5) is 0 Å². The Morgan fingerprint density at radius 2 is 1.88 bits per heavy atom. The fourth-order valence-corrected chi connectivity index (χ4v) is 3.53. The number of para-hydroxylation sites is 1. The molecule has 0 atom stereocenters. The lowest BCUT2D eigenvalue weighted by atomic mass is 9.77. The highest BCUT2D eigenvalue weighted by Crippen LogP contribution is 2.32. The molecule has 25 heavy (non-hydrogen) atoms. The second kappa shape index (κ2) is 6.35. The standard InChI is InChI=1S/C19H22N2O4/c1-12-7-9-19(10-8-12,18(24)25)20-17(23)14-11-16(22)21(2)15-6-4-3-5-13(14)15/h3-6,11-12H,7-10H2,1-2H3,(H,20,23)(H,24,25). The van der Waals surface area contributed by atoms with E-state index in [1.165, 1.54) is 10.6 Å². The highest BCUT2D eigenvalue weighted by atomic mass is 16.4. The molecule has 1 heterocycles. The van der Waals surface area contributed by atoms with E-state index in [1.54, 1.807) is 31.3 Å². The van der Waals surface area contributed by atoms with Crippen LogP contribution in [0.1, 0.15) is 43.0 Å². The first-order valence-corrected chi connectivity index (χ1v) is 8.49. The minimum Gasteiger partial charge on any atom is -0.480 e. The monoisotopic (exact) mass is 342 g/mol. The van der Waals surface area contributed by atoms with Crippen LogP contribution in [0.3, 0.4) is 0 Å². The van der Waals surface area contributed by atoms with E-state index < -0.39 is 17.4 Å². The molecule has 0 radical (unpaired) electrons. The number of aromatic nitrogens is 1. The Morgan fingerprint density at radius 3 is 2.52 bits per heavy atom. The van der Waals surface area contributed by atoms with Crippen LogP contribution in [0.2, 0.25) is 0 Å². The van der Waals surface area contributed by atoms with Crippen molar-refractivity contribution >= 4 is 22.8 Å². The average molecular weight is 342 g/mol. The van der Waals surface area contributed by atoms with Crippen LogP contribution in [-0.2, 0) is 11.8 Å². The SMILES string of the molecule is CC1CCC(NC(=O)c2cc(=O)n(C)c3ccccc23)(C(=O)O)CC1. The Balaban J connectivity index is 2.01. The van der Waals surface area contributed by atoms with E-state index in [4.69, 9.17) is 0 Å². The number of amides is 1. The first kappa shape index (κ1) is 17.2. The van der Waals surface area contributed by atoms with Gasteiger partial charge in [0.25, 0.3) is 11.5 Å². The maximum atomic E-state index is 12.9. The first-order chi connectivity index (χ1) is 11.8. The molecular weight excluding hydrogens is 320 g/mol. The zero-order valence-electron chi connectivity index (χ0n) is 14.4. The summed E-state index contributed by atoms with van der Waals surface area (Å²) in [6.45, 7) is 2.09. The van der Waals surface area contributed by atoms with E-state index in [1.807, 2.05) is 0 Å². The van der Waals surface area contributed by atoms with Gasteiger partial charge in [-0.2, -0.15) is 0 Å². The second-order valence-corrected chi connectivity index (χ2v) is 7.00. The van der Waals surface area contributed by atoms with Gasteiger partial charge >= 0.3 is 5.97 Å². The first-order valence-electron chi connectivity index (χ1n) is 8.49. The number of hydrogen-bond acceptors (Lipinski definition) is 3. The lowest BCUT2D eigenvalue weighted by Gasteiger charge is -2.36. The number of pyridine rings is 1. The topological polar surface area (TPSA) is 88.4 Å². The molecule has 1 fully saturated rings. The number of benzene rings is 1. The van der Waals surface area contributed by atoms with E-state index >= 15 is 0 Å². The summed E-state index contributed by atoms with van der Waals surface area (Å²) in [5.41, 5.74) is -0.698. The molecule has 2 aromatic rings. The molecule has 1 aliphatic carbocycles. The molecular formula is C19H22N2O4. The summed E-state index contributed by atoms with van der Waals surface area (Å²) < 4.78 is 1.47. The van der Waals surface area contributed by atoms with Gasteiger partial charge in [-0.15, -0.1) is 0 Å². The number of nitrogens with zero attached hydrogens (tertiary/aromatic N) is 1. The number of aryl methyl sites for hydroxylation is 1. The third-order valence-electron chi connectivity index (χ3n) is 5.29. The normalized spacial score (nSPS) is 23.4. The Kier molecular flexibility index (Phi) is 4.37. The fraction of sp³-hybridized carbons (Fsp3) is 0.421. The van der Waals surface area contributed by atoms with Gasteiger partial charge in [0, 0.05) is 18.5 Å². The molecule has 0 spiro atoms. The molecule has 0 aliphatic heterocycles. The summed E-state index contributed by atoms with van der Waals surface area (Å²) in [5, 5.41) is 13.1. The van der Waals surface area contributed by atoms with E-state index in [-0.39, 0.29) is 11.1 Å². The van der Waals surface area contributed by atoms with Crippen molar-refractivity contribution in [3.63, 3.8) is 0 Å². The van der Waals surface area contributed by atoms with Gasteiger partial charge in [0.1, 0.15) is 5.54 Å². The molecule has 3 rings (SSSR count). The summed E-state index contributed by atoms with van der Waals surface area (Å²) in [7, 11) is 1.65. The summed E-state index contributed by atoms with van der Waals surface area (Å²) in [5.74, 6) is -1.07. The quantitative estimate of drug-likeness (QED) is 0.896. The molecule has 0 unspecified atom stereocenters. The summed E-state index contributed by atoms with van der Waals surface area (Å²) in [6, 6.07) is 8.39. The molecule has 1 aromatic heterocycles. The molecule has 0 bridgehead atoms. The molecule has 2 N–H and O–H groups in total. The highest BCUT2D eigenvalue weighted by molar-refractivity contribution is 6.07. The van der Waals surface area contributed by atoms with E-state index in [9.17, 15) is 19.5 Å². The zero-order chi connectivity index (χ0) is 18.2. The third kappa shape index (κ3) is 3.04. The van der Waals surface area contributed by atoms with Crippen LogP contribution in [0.25, 0.3) is 10.9 Å². The molecule has 6 nitrogen and oxygen atoms in total. The van der Waals surface area contributed by atoms with E-state index in [0.717, 1.165) is 12.8 Å².